The van der Waals surface area contributed by atoms with Gasteiger partial charge in [0.15, 0.2) is 0 Å². The molecule has 2 rings (SSSR count). The number of aliphatic carboxylic acids is 1. The zero-order valence-electron chi connectivity index (χ0n) is 12.5. The molecular weight excluding hydrogens is 268 g/mol. The van der Waals surface area contributed by atoms with Crippen LogP contribution in [0.2, 0.25) is 0 Å². The molecule has 114 valence electrons. The van der Waals surface area contributed by atoms with E-state index in [4.69, 9.17) is 0 Å². The molecule has 1 aromatic carbocycles. The summed E-state index contributed by atoms with van der Waals surface area (Å²) in [6.45, 7) is 4.15. The summed E-state index contributed by atoms with van der Waals surface area (Å²) in [6.07, 6.45) is 2.14. The maximum Gasteiger partial charge on any atom is 0.322 e. The number of carboxylic acid groups (broad SMARTS) is 1. The zero-order valence-corrected chi connectivity index (χ0v) is 12.5. The molecule has 0 aliphatic heterocycles. The lowest BCUT2D eigenvalue weighted by atomic mass is 9.85. The fourth-order valence-electron chi connectivity index (χ4n) is 2.93. The first-order valence-corrected chi connectivity index (χ1v) is 7.35. The van der Waals surface area contributed by atoms with Gasteiger partial charge in [-0.1, -0.05) is 24.6 Å². The van der Waals surface area contributed by atoms with Crippen LogP contribution in [0, 0.1) is 5.41 Å². The molecule has 2 unspecified atom stereocenters. The minimum absolute atomic E-state index is 0.233. The molecule has 0 aromatic heterocycles. The molecule has 1 aliphatic carbocycles. The van der Waals surface area contributed by atoms with Crippen LogP contribution in [0.25, 0.3) is 0 Å². The van der Waals surface area contributed by atoms with Crippen LogP contribution in [0.5, 0.6) is 0 Å². The van der Waals surface area contributed by atoms with Gasteiger partial charge in [0.05, 0.1) is 5.41 Å². The van der Waals surface area contributed by atoms with Crippen molar-refractivity contribution in [3.05, 3.63) is 30.3 Å². The van der Waals surface area contributed by atoms with Crippen LogP contribution >= 0.6 is 0 Å². The summed E-state index contributed by atoms with van der Waals surface area (Å²) in [4.78, 5) is 25.5. The Morgan fingerprint density at radius 3 is 2.62 bits per heavy atom. The number of benzene rings is 1. The van der Waals surface area contributed by atoms with Crippen molar-refractivity contribution in [1.29, 1.82) is 0 Å². The van der Waals surface area contributed by atoms with Gasteiger partial charge in [-0.2, -0.15) is 0 Å². The molecule has 0 spiro atoms. The fourth-order valence-corrected chi connectivity index (χ4v) is 2.93. The number of carbonyl (C=O) groups is 2. The Labute approximate surface area is 125 Å². The Morgan fingerprint density at radius 1 is 1.38 bits per heavy atom. The van der Waals surface area contributed by atoms with Gasteiger partial charge >= 0.3 is 12.0 Å². The number of hydrogen-bond donors (Lipinski definition) is 2. The van der Waals surface area contributed by atoms with E-state index in [0.717, 1.165) is 12.1 Å². The van der Waals surface area contributed by atoms with E-state index in [0.29, 0.717) is 19.4 Å². The summed E-state index contributed by atoms with van der Waals surface area (Å²) >= 11 is 0. The van der Waals surface area contributed by atoms with E-state index in [1.54, 1.807) is 11.8 Å². The van der Waals surface area contributed by atoms with Gasteiger partial charge in [0.25, 0.3) is 0 Å². The summed E-state index contributed by atoms with van der Waals surface area (Å²) in [6, 6.07) is 8.84. The normalized spacial score (nSPS) is 24.6. The van der Waals surface area contributed by atoms with Crippen molar-refractivity contribution in [1.82, 2.24) is 5.32 Å². The number of urea groups is 1. The fraction of sp³-hybridized carbons (Fsp3) is 0.500. The Morgan fingerprint density at radius 2 is 2.05 bits per heavy atom. The van der Waals surface area contributed by atoms with Crippen molar-refractivity contribution in [3.63, 3.8) is 0 Å². The van der Waals surface area contributed by atoms with Crippen molar-refractivity contribution in [3.8, 4) is 0 Å². The molecular formula is C16H22N2O3. The summed E-state index contributed by atoms with van der Waals surface area (Å²) in [5, 5.41) is 12.3. The Bertz CT molecular complexity index is 518. The number of nitrogens with one attached hydrogen (secondary N) is 1. The molecule has 5 heteroatoms. The third-order valence-electron chi connectivity index (χ3n) is 4.37. The van der Waals surface area contributed by atoms with Crippen molar-refractivity contribution in [2.75, 3.05) is 11.4 Å². The van der Waals surface area contributed by atoms with Gasteiger partial charge in [0.1, 0.15) is 0 Å². The van der Waals surface area contributed by atoms with E-state index in [-0.39, 0.29) is 12.1 Å². The maximum absolute atomic E-state index is 12.5. The second-order valence-electron chi connectivity index (χ2n) is 5.70. The van der Waals surface area contributed by atoms with Gasteiger partial charge < -0.3 is 10.4 Å². The van der Waals surface area contributed by atoms with Gasteiger partial charge in [-0.05, 0) is 38.8 Å². The lowest BCUT2D eigenvalue weighted by Gasteiger charge is -2.30. The molecule has 0 radical (unpaired) electrons. The van der Waals surface area contributed by atoms with E-state index in [9.17, 15) is 14.7 Å². The molecule has 0 saturated heterocycles. The van der Waals surface area contributed by atoms with Crippen LogP contribution in [0.3, 0.4) is 0 Å². The number of para-hydroxylation sites is 1. The lowest BCUT2D eigenvalue weighted by Crippen LogP contribution is -2.51. The summed E-state index contributed by atoms with van der Waals surface area (Å²) in [5.74, 6) is -0.840. The molecule has 0 bridgehead atoms. The number of amides is 2. The summed E-state index contributed by atoms with van der Waals surface area (Å²) in [7, 11) is 0. The van der Waals surface area contributed by atoms with E-state index < -0.39 is 11.4 Å². The number of rotatable bonds is 4. The Kier molecular flexibility index (Phi) is 4.50. The number of carboxylic acids is 1. The highest BCUT2D eigenvalue weighted by Gasteiger charge is 2.46. The SMILES string of the molecule is CCN(C(=O)NC1CCCC1(C)C(=O)O)c1ccccc1. The Balaban J connectivity index is 2.11. The first kappa shape index (κ1) is 15.4. The summed E-state index contributed by atoms with van der Waals surface area (Å²) in [5.41, 5.74) is -0.0568. The Hall–Kier alpha value is -2.04. The largest absolute Gasteiger partial charge is 0.481 e. The quantitative estimate of drug-likeness (QED) is 0.895. The van der Waals surface area contributed by atoms with Gasteiger partial charge in [0, 0.05) is 18.3 Å². The molecule has 1 aliphatic rings. The summed E-state index contributed by atoms with van der Waals surface area (Å²) < 4.78 is 0. The van der Waals surface area contributed by atoms with Crippen LogP contribution in [0.4, 0.5) is 10.5 Å². The first-order chi connectivity index (χ1) is 9.99. The second-order valence-corrected chi connectivity index (χ2v) is 5.70. The number of anilines is 1. The van der Waals surface area contributed by atoms with E-state index in [1.807, 2.05) is 37.3 Å². The van der Waals surface area contributed by atoms with Crippen LogP contribution in [0.1, 0.15) is 33.1 Å². The maximum atomic E-state index is 12.5. The molecule has 1 aromatic rings. The topological polar surface area (TPSA) is 69.6 Å². The predicted octanol–water partition coefficient (Wildman–Crippen LogP) is 2.87. The van der Waals surface area contributed by atoms with Crippen LogP contribution in [-0.2, 0) is 4.79 Å². The molecule has 0 heterocycles. The monoisotopic (exact) mass is 290 g/mol. The van der Waals surface area contributed by atoms with E-state index in [1.165, 1.54) is 0 Å². The highest BCUT2D eigenvalue weighted by molar-refractivity contribution is 5.92. The van der Waals surface area contributed by atoms with Crippen LogP contribution < -0.4 is 10.2 Å². The average Bonchev–Trinajstić information content (AvgIpc) is 2.83. The number of hydrogen-bond acceptors (Lipinski definition) is 2. The average molecular weight is 290 g/mol. The van der Waals surface area contributed by atoms with E-state index in [2.05, 4.69) is 5.32 Å². The van der Waals surface area contributed by atoms with Crippen LogP contribution in [-0.4, -0.2) is 29.7 Å². The molecule has 2 N–H and O–H groups in total. The van der Waals surface area contributed by atoms with Crippen LogP contribution in [0.15, 0.2) is 30.3 Å². The third kappa shape index (κ3) is 3.01. The van der Waals surface area contributed by atoms with Gasteiger partial charge in [-0.15, -0.1) is 0 Å². The number of nitrogens with zero attached hydrogens (tertiary/aromatic N) is 1. The third-order valence-corrected chi connectivity index (χ3v) is 4.37. The molecule has 5 nitrogen and oxygen atoms in total. The smallest absolute Gasteiger partial charge is 0.322 e. The highest BCUT2D eigenvalue weighted by Crippen LogP contribution is 2.38. The minimum atomic E-state index is -0.869. The molecule has 1 fully saturated rings. The van der Waals surface area contributed by atoms with Gasteiger partial charge in [-0.3, -0.25) is 9.69 Å². The van der Waals surface area contributed by atoms with Crippen molar-refractivity contribution < 1.29 is 14.7 Å². The highest BCUT2D eigenvalue weighted by atomic mass is 16.4. The van der Waals surface area contributed by atoms with Crippen molar-refractivity contribution in [2.45, 2.75) is 39.2 Å². The lowest BCUT2D eigenvalue weighted by molar-refractivity contribution is -0.148. The van der Waals surface area contributed by atoms with Gasteiger partial charge in [-0.25, -0.2) is 4.79 Å². The standard InChI is InChI=1S/C16H22N2O3/c1-3-18(12-8-5-4-6-9-12)15(21)17-13-10-7-11-16(13,2)14(19)20/h4-6,8-9,13H,3,7,10-11H2,1-2H3,(H,17,21)(H,19,20). The van der Waals surface area contributed by atoms with E-state index >= 15 is 0 Å². The predicted molar refractivity (Wildman–Crippen MR) is 81.4 cm³/mol. The number of carbonyl (C=O) groups excluding carboxylic acids is 1. The minimum Gasteiger partial charge on any atom is -0.481 e. The molecule has 2 atom stereocenters. The molecule has 21 heavy (non-hydrogen) atoms. The molecule has 1 saturated carbocycles. The van der Waals surface area contributed by atoms with Crippen molar-refractivity contribution >= 4 is 17.7 Å². The first-order valence-electron chi connectivity index (χ1n) is 7.35. The second kappa shape index (κ2) is 6.16. The van der Waals surface area contributed by atoms with Crippen molar-refractivity contribution in [2.24, 2.45) is 5.41 Å². The van der Waals surface area contributed by atoms with Gasteiger partial charge in [0.2, 0.25) is 0 Å². The zero-order chi connectivity index (χ0) is 15.5. The molecule has 2 amide bonds.